The number of pyridine rings is 1. The predicted octanol–water partition coefficient (Wildman–Crippen LogP) is 0.130. The zero-order chi connectivity index (χ0) is 13.7. The van der Waals surface area contributed by atoms with Crippen molar-refractivity contribution >= 4 is 56.1 Å². The number of para-hydroxylation sites is 1. The molecule has 2 aromatic carbocycles. The number of nitrogens with zero attached hydrogens (tertiary/aromatic N) is 3. The Morgan fingerprint density at radius 3 is 2.64 bits per heavy atom. The molecule has 0 spiro atoms. The number of benzene rings is 2. The second-order valence-corrected chi connectivity index (χ2v) is 5.15. The molecule has 2 heterocycles. The minimum atomic E-state index is 0. The number of fused-ring (bicyclic) bond motifs is 6. The van der Waals surface area contributed by atoms with Gasteiger partial charge in [-0.15, -0.1) is 29.7 Å². The van der Waals surface area contributed by atoms with E-state index in [4.69, 9.17) is 0 Å². The molecule has 0 saturated heterocycles. The molecule has 0 amide bonds. The Kier molecular flexibility index (Phi) is 4.99. The molecule has 4 rings (SSSR count). The average molecular weight is 365 g/mol. The summed E-state index contributed by atoms with van der Waals surface area (Å²) in [4.78, 5) is 6.65. The molecular weight excluding hydrogens is 350 g/mol. The summed E-state index contributed by atoms with van der Waals surface area (Å²) in [6.07, 6.45) is 3.87. The fourth-order valence-corrected chi connectivity index (χ4v) is 2.88. The first kappa shape index (κ1) is 17.1. The van der Waals surface area contributed by atoms with Crippen LogP contribution >= 0.6 is 0 Å². The average Bonchev–Trinajstić information content (AvgIpc) is 2.96. The third-order valence-corrected chi connectivity index (χ3v) is 3.75. The number of hydrogen-bond acceptors (Lipinski definition) is 2. The van der Waals surface area contributed by atoms with Crippen LogP contribution in [0.15, 0.2) is 48.8 Å². The second kappa shape index (κ2) is 6.44. The first-order chi connectivity index (χ1) is 9.77. The van der Waals surface area contributed by atoms with Crippen molar-refractivity contribution < 1.29 is 17.0 Å². The molecule has 2 aromatic heterocycles. The molecule has 0 N–H and O–H groups in total. The van der Waals surface area contributed by atoms with Gasteiger partial charge in [-0.3, -0.25) is 4.98 Å². The van der Waals surface area contributed by atoms with Crippen LogP contribution in [-0.4, -0.2) is 46.5 Å². The van der Waals surface area contributed by atoms with Gasteiger partial charge in [0.15, 0.2) is 0 Å². The van der Waals surface area contributed by atoms with Crippen molar-refractivity contribution in [3.05, 3.63) is 54.9 Å². The standard InChI is InChI=1S/C17H14N3.BrH.Mg/c1-19(2)15-9-5-8-13-12-6-3-4-7-14(12)17-18-10-11-20(17)16(13)15;;/h3-6,8-11H,1-2H3;1H;/q-1;;+2/p-1. The number of hydrogen-bond donors (Lipinski definition) is 0. The van der Waals surface area contributed by atoms with Gasteiger partial charge in [0.2, 0.25) is 0 Å². The molecule has 0 atom stereocenters. The Morgan fingerprint density at radius 1 is 1.09 bits per heavy atom. The normalized spacial score (nSPS) is 10.5. The molecule has 0 bridgehead atoms. The number of halogens is 1. The van der Waals surface area contributed by atoms with Crippen LogP contribution in [0.1, 0.15) is 0 Å². The van der Waals surface area contributed by atoms with Gasteiger partial charge in [-0.05, 0) is 11.5 Å². The molecule has 0 unspecified atom stereocenters. The second-order valence-electron chi connectivity index (χ2n) is 5.15. The summed E-state index contributed by atoms with van der Waals surface area (Å²) < 4.78 is 2.16. The monoisotopic (exact) mass is 363 g/mol. The van der Waals surface area contributed by atoms with E-state index in [1.54, 1.807) is 0 Å². The van der Waals surface area contributed by atoms with Gasteiger partial charge in [-0.2, -0.15) is 0 Å². The molecule has 0 radical (unpaired) electrons. The Bertz CT molecular complexity index is 947. The third-order valence-electron chi connectivity index (χ3n) is 3.75. The summed E-state index contributed by atoms with van der Waals surface area (Å²) in [6, 6.07) is 15.8. The van der Waals surface area contributed by atoms with E-state index in [-0.39, 0.29) is 40.0 Å². The number of aromatic nitrogens is 2. The fourth-order valence-electron chi connectivity index (χ4n) is 2.88. The predicted molar refractivity (Wildman–Crippen MR) is 89.1 cm³/mol. The van der Waals surface area contributed by atoms with E-state index in [0.717, 1.165) is 11.0 Å². The van der Waals surface area contributed by atoms with Crippen LogP contribution in [0.25, 0.3) is 27.3 Å². The van der Waals surface area contributed by atoms with Crippen molar-refractivity contribution in [3.8, 4) is 0 Å². The first-order valence-electron chi connectivity index (χ1n) is 6.63. The number of rotatable bonds is 1. The van der Waals surface area contributed by atoms with Crippen LogP contribution in [0.4, 0.5) is 5.69 Å². The summed E-state index contributed by atoms with van der Waals surface area (Å²) in [5.74, 6) is 0. The van der Waals surface area contributed by atoms with Gasteiger partial charge in [-0.1, -0.05) is 17.5 Å². The minimum Gasteiger partial charge on any atom is -1.00 e. The third kappa shape index (κ3) is 2.37. The molecule has 3 nitrogen and oxygen atoms in total. The van der Waals surface area contributed by atoms with E-state index in [1.807, 2.05) is 24.5 Å². The quantitative estimate of drug-likeness (QED) is 0.272. The largest absolute Gasteiger partial charge is 2.00 e. The minimum absolute atomic E-state index is 0. The summed E-state index contributed by atoms with van der Waals surface area (Å²) in [5.41, 5.74) is 3.34. The molecule has 4 aromatic rings. The molecule has 5 heteroatoms. The molecule has 0 aliphatic carbocycles. The van der Waals surface area contributed by atoms with E-state index in [9.17, 15) is 0 Å². The van der Waals surface area contributed by atoms with Crippen LogP contribution in [0.2, 0.25) is 0 Å². The summed E-state index contributed by atoms with van der Waals surface area (Å²) in [7, 11) is 4.14. The summed E-state index contributed by atoms with van der Waals surface area (Å²) >= 11 is 0. The molecule has 0 fully saturated rings. The van der Waals surface area contributed by atoms with Crippen LogP contribution in [0.3, 0.4) is 0 Å². The van der Waals surface area contributed by atoms with Gasteiger partial charge in [0.25, 0.3) is 0 Å². The van der Waals surface area contributed by atoms with E-state index < -0.39 is 0 Å². The van der Waals surface area contributed by atoms with E-state index >= 15 is 0 Å². The van der Waals surface area contributed by atoms with Crippen molar-refractivity contribution in [1.82, 2.24) is 9.38 Å². The van der Waals surface area contributed by atoms with E-state index in [1.165, 1.54) is 22.0 Å². The zero-order valence-electron chi connectivity index (χ0n) is 12.5. The Morgan fingerprint density at radius 2 is 1.86 bits per heavy atom. The van der Waals surface area contributed by atoms with Crippen LogP contribution in [0, 0.1) is 6.07 Å². The molecule has 106 valence electrons. The van der Waals surface area contributed by atoms with E-state index in [0.29, 0.717) is 0 Å². The molecule has 0 aliphatic rings. The number of anilines is 1. The molecule has 0 saturated carbocycles. The van der Waals surface area contributed by atoms with Crippen LogP contribution in [-0.2, 0) is 0 Å². The van der Waals surface area contributed by atoms with Gasteiger partial charge < -0.3 is 26.3 Å². The smallest absolute Gasteiger partial charge is 1.00 e. The van der Waals surface area contributed by atoms with Crippen LogP contribution < -0.4 is 21.9 Å². The maximum atomic E-state index is 4.51. The SMILES string of the molecule is CN(C)c1cccc2c3ccc[c-]c3c3nccn3c12.[Br-].[Mg+2]. The van der Waals surface area contributed by atoms with Gasteiger partial charge in [0.05, 0.1) is 16.9 Å². The van der Waals surface area contributed by atoms with Gasteiger partial charge >= 0.3 is 23.1 Å². The first-order valence-corrected chi connectivity index (χ1v) is 6.63. The Labute approximate surface area is 155 Å². The van der Waals surface area contributed by atoms with Gasteiger partial charge in [0.1, 0.15) is 0 Å². The fraction of sp³-hybridized carbons (Fsp3) is 0.118. The number of imidazole rings is 1. The van der Waals surface area contributed by atoms with Crippen LogP contribution in [0.5, 0.6) is 0 Å². The van der Waals surface area contributed by atoms with Crippen molar-refractivity contribution in [1.29, 1.82) is 0 Å². The maximum absolute atomic E-state index is 4.51. The van der Waals surface area contributed by atoms with Crippen molar-refractivity contribution in [2.45, 2.75) is 0 Å². The topological polar surface area (TPSA) is 20.5 Å². The van der Waals surface area contributed by atoms with Crippen molar-refractivity contribution in [2.24, 2.45) is 0 Å². The molecule has 22 heavy (non-hydrogen) atoms. The zero-order valence-corrected chi connectivity index (χ0v) is 15.5. The van der Waals surface area contributed by atoms with Gasteiger partial charge in [-0.25, -0.2) is 0 Å². The Hall–Kier alpha value is -1.30. The molecule has 0 aliphatic heterocycles. The van der Waals surface area contributed by atoms with E-state index in [2.05, 4.69) is 58.7 Å². The van der Waals surface area contributed by atoms with Crippen molar-refractivity contribution in [2.75, 3.05) is 19.0 Å². The summed E-state index contributed by atoms with van der Waals surface area (Å²) in [6.45, 7) is 0. The Balaban J connectivity index is 0.000000882. The maximum Gasteiger partial charge on any atom is 2.00 e. The molecular formula is C17H14BrMgN3. The van der Waals surface area contributed by atoms with Crippen molar-refractivity contribution in [3.63, 3.8) is 0 Å². The van der Waals surface area contributed by atoms with Gasteiger partial charge in [0, 0.05) is 26.5 Å². The summed E-state index contributed by atoms with van der Waals surface area (Å²) in [5, 5.41) is 3.50.